The highest BCUT2D eigenvalue weighted by Gasteiger charge is 2.26. The molecule has 1 aliphatic rings. The maximum absolute atomic E-state index is 11.6. The number of hydrogen-bond donors (Lipinski definition) is 2. The molecule has 0 saturated heterocycles. The van der Waals surface area contributed by atoms with Gasteiger partial charge in [0.25, 0.3) is 5.56 Å². The minimum Gasteiger partial charge on any atom is -0.361 e. The molecular weight excluding hydrogens is 248 g/mol. The van der Waals surface area contributed by atoms with Crippen LogP contribution in [0, 0.1) is 0 Å². The first kappa shape index (κ1) is 11.4. The van der Waals surface area contributed by atoms with Crippen LogP contribution in [0.3, 0.4) is 0 Å². The molecule has 2 aromatic rings. The van der Waals surface area contributed by atoms with Crippen molar-refractivity contribution in [3.63, 3.8) is 0 Å². The van der Waals surface area contributed by atoms with Crippen LogP contribution in [0.5, 0.6) is 0 Å². The number of aromatic nitrogens is 3. The Hall–Kier alpha value is -1.69. The Kier molecular flexibility index (Phi) is 2.87. The summed E-state index contributed by atoms with van der Waals surface area (Å²) in [6.07, 6.45) is 4.02. The van der Waals surface area contributed by atoms with Gasteiger partial charge in [-0.1, -0.05) is 0 Å². The fourth-order valence-electron chi connectivity index (χ4n) is 1.83. The molecule has 5 nitrogen and oxygen atoms in total. The normalized spacial score (nSPS) is 16.5. The van der Waals surface area contributed by atoms with Crippen molar-refractivity contribution in [3.05, 3.63) is 38.8 Å². The van der Waals surface area contributed by atoms with E-state index >= 15 is 0 Å². The Bertz CT molecular complexity index is 588. The van der Waals surface area contributed by atoms with Gasteiger partial charge >= 0.3 is 0 Å². The lowest BCUT2D eigenvalue weighted by Crippen LogP contribution is -2.15. The van der Waals surface area contributed by atoms with Crippen molar-refractivity contribution in [2.75, 3.05) is 5.32 Å². The van der Waals surface area contributed by atoms with E-state index < -0.39 is 0 Å². The number of H-pyrrole nitrogens is 1. The number of rotatable bonds is 4. The predicted molar refractivity (Wildman–Crippen MR) is 71.0 cm³/mol. The van der Waals surface area contributed by atoms with Crippen molar-refractivity contribution in [2.24, 2.45) is 0 Å². The maximum atomic E-state index is 11.6. The van der Waals surface area contributed by atoms with E-state index in [1.165, 1.54) is 6.07 Å². The zero-order chi connectivity index (χ0) is 12.5. The van der Waals surface area contributed by atoms with Gasteiger partial charge in [-0.05, 0) is 19.8 Å². The monoisotopic (exact) mass is 262 g/mol. The van der Waals surface area contributed by atoms with Gasteiger partial charge in [0.05, 0.1) is 6.04 Å². The molecule has 1 fully saturated rings. The Labute approximate surface area is 108 Å². The molecule has 1 aliphatic carbocycles. The first-order valence-electron chi connectivity index (χ1n) is 5.99. The first-order chi connectivity index (χ1) is 8.72. The molecule has 1 saturated carbocycles. The van der Waals surface area contributed by atoms with Crippen LogP contribution in [0.2, 0.25) is 0 Å². The van der Waals surface area contributed by atoms with Crippen molar-refractivity contribution in [1.29, 1.82) is 0 Å². The molecule has 18 heavy (non-hydrogen) atoms. The minimum atomic E-state index is -0.0965. The van der Waals surface area contributed by atoms with E-state index in [9.17, 15) is 4.79 Å². The van der Waals surface area contributed by atoms with E-state index in [0.29, 0.717) is 11.7 Å². The summed E-state index contributed by atoms with van der Waals surface area (Å²) in [7, 11) is 0. The average molecular weight is 262 g/mol. The number of nitrogens with zero attached hydrogens (tertiary/aromatic N) is 2. The van der Waals surface area contributed by atoms with Crippen LogP contribution in [-0.2, 0) is 0 Å². The van der Waals surface area contributed by atoms with Gasteiger partial charge in [0, 0.05) is 23.6 Å². The van der Waals surface area contributed by atoms with E-state index in [2.05, 4.69) is 20.3 Å². The van der Waals surface area contributed by atoms with Crippen LogP contribution in [-0.4, -0.2) is 15.0 Å². The molecule has 6 heteroatoms. The Balaban J connectivity index is 1.81. The number of hydrogen-bond acceptors (Lipinski definition) is 5. The summed E-state index contributed by atoms with van der Waals surface area (Å²) in [5, 5.41) is 6.15. The zero-order valence-electron chi connectivity index (χ0n) is 10.0. The van der Waals surface area contributed by atoms with Crippen LogP contribution in [0.25, 0.3) is 0 Å². The quantitative estimate of drug-likeness (QED) is 0.886. The number of thiazole rings is 1. The molecule has 1 atom stereocenters. The first-order valence-corrected chi connectivity index (χ1v) is 6.87. The Morgan fingerprint density at radius 1 is 1.56 bits per heavy atom. The smallest absolute Gasteiger partial charge is 0.252 e. The predicted octanol–water partition coefficient (Wildman–Crippen LogP) is 2.28. The highest BCUT2D eigenvalue weighted by molar-refractivity contribution is 7.09. The van der Waals surface area contributed by atoms with E-state index in [1.54, 1.807) is 17.5 Å². The van der Waals surface area contributed by atoms with Gasteiger partial charge in [-0.2, -0.15) is 0 Å². The molecule has 0 aliphatic heterocycles. The van der Waals surface area contributed by atoms with Crippen molar-refractivity contribution < 1.29 is 0 Å². The molecule has 1 unspecified atom stereocenters. The molecular formula is C12H14N4OS. The van der Waals surface area contributed by atoms with E-state index in [4.69, 9.17) is 0 Å². The second kappa shape index (κ2) is 4.53. The number of aromatic amines is 1. The summed E-state index contributed by atoms with van der Waals surface area (Å²) < 4.78 is 0. The third-order valence-electron chi connectivity index (χ3n) is 2.91. The topological polar surface area (TPSA) is 70.7 Å². The fraction of sp³-hybridized carbons (Fsp3) is 0.417. The van der Waals surface area contributed by atoms with Crippen molar-refractivity contribution in [2.45, 2.75) is 31.7 Å². The molecule has 2 N–H and O–H groups in total. The van der Waals surface area contributed by atoms with Crippen molar-refractivity contribution >= 4 is 17.2 Å². The fourth-order valence-corrected chi connectivity index (χ4v) is 2.48. The van der Waals surface area contributed by atoms with Gasteiger partial charge in [-0.25, -0.2) is 9.97 Å². The van der Waals surface area contributed by atoms with E-state index in [1.807, 2.05) is 12.3 Å². The lowest BCUT2D eigenvalue weighted by atomic mass is 10.3. The van der Waals surface area contributed by atoms with Crippen molar-refractivity contribution in [3.8, 4) is 0 Å². The number of nitrogens with one attached hydrogen (secondary N) is 2. The highest BCUT2D eigenvalue weighted by atomic mass is 32.1. The van der Waals surface area contributed by atoms with Crippen LogP contribution >= 0.6 is 11.3 Å². The van der Waals surface area contributed by atoms with E-state index in [-0.39, 0.29) is 11.6 Å². The second-order valence-electron chi connectivity index (χ2n) is 4.53. The number of anilines is 1. The highest BCUT2D eigenvalue weighted by Crippen LogP contribution is 2.37. The molecule has 0 amide bonds. The van der Waals surface area contributed by atoms with Crippen molar-refractivity contribution in [1.82, 2.24) is 15.0 Å². The maximum Gasteiger partial charge on any atom is 0.252 e. The van der Waals surface area contributed by atoms with Crippen LogP contribution in [0.4, 0.5) is 5.82 Å². The SMILES string of the molecule is CC(Nc1cc(=O)[nH]c(C2CC2)n1)c1nccs1. The lowest BCUT2D eigenvalue weighted by molar-refractivity contribution is 0.839. The molecule has 94 valence electrons. The van der Waals surface area contributed by atoms with Gasteiger partial charge in [0.15, 0.2) is 0 Å². The molecule has 0 spiro atoms. The Morgan fingerprint density at radius 3 is 3.06 bits per heavy atom. The second-order valence-corrected chi connectivity index (χ2v) is 5.45. The molecule has 0 radical (unpaired) electrons. The van der Waals surface area contributed by atoms with Gasteiger partial charge in [0.2, 0.25) is 0 Å². The summed E-state index contributed by atoms with van der Waals surface area (Å²) in [6.45, 7) is 2.01. The zero-order valence-corrected chi connectivity index (χ0v) is 10.8. The van der Waals surface area contributed by atoms with Crippen LogP contribution < -0.4 is 10.9 Å². The minimum absolute atomic E-state index is 0.0614. The Morgan fingerprint density at radius 2 is 2.39 bits per heavy atom. The molecule has 2 aromatic heterocycles. The summed E-state index contributed by atoms with van der Waals surface area (Å²) in [5.41, 5.74) is -0.0965. The molecule has 3 rings (SSSR count). The largest absolute Gasteiger partial charge is 0.361 e. The summed E-state index contributed by atoms with van der Waals surface area (Å²) in [6, 6.07) is 1.56. The molecule has 2 heterocycles. The van der Waals surface area contributed by atoms with Crippen LogP contribution in [0.15, 0.2) is 22.4 Å². The standard InChI is InChI=1S/C12H14N4OS/c1-7(12-13-4-5-18-12)14-9-6-10(17)16-11(15-9)8-2-3-8/h4-8H,2-3H2,1H3,(H2,14,15,16,17). The van der Waals surface area contributed by atoms with E-state index in [0.717, 1.165) is 23.7 Å². The van der Waals surface area contributed by atoms with Crippen LogP contribution in [0.1, 0.15) is 42.6 Å². The summed E-state index contributed by atoms with van der Waals surface area (Å²) >= 11 is 1.59. The molecule has 0 bridgehead atoms. The molecule has 0 aromatic carbocycles. The van der Waals surface area contributed by atoms with Gasteiger partial charge in [0.1, 0.15) is 16.6 Å². The van der Waals surface area contributed by atoms with Gasteiger partial charge < -0.3 is 10.3 Å². The average Bonchev–Trinajstić information content (AvgIpc) is 3.03. The summed E-state index contributed by atoms with van der Waals surface area (Å²) in [5.74, 6) is 1.87. The summed E-state index contributed by atoms with van der Waals surface area (Å²) in [4.78, 5) is 23.1. The lowest BCUT2D eigenvalue weighted by Gasteiger charge is -2.12. The van der Waals surface area contributed by atoms with Gasteiger partial charge in [-0.15, -0.1) is 11.3 Å². The third-order valence-corrected chi connectivity index (χ3v) is 3.87. The third kappa shape index (κ3) is 2.43. The van der Waals surface area contributed by atoms with Gasteiger partial charge in [-0.3, -0.25) is 4.79 Å².